The molecule has 0 saturated carbocycles. The lowest BCUT2D eigenvalue weighted by atomic mass is 9.87. The molecule has 0 unspecified atom stereocenters. The number of hydrogen-bond donors (Lipinski definition) is 0. The molecule has 0 amide bonds. The summed E-state index contributed by atoms with van der Waals surface area (Å²) in [4.78, 5) is 1.97. The lowest BCUT2D eigenvalue weighted by Crippen LogP contribution is -2.25. The van der Waals surface area contributed by atoms with Gasteiger partial charge in [0, 0.05) is 24.3 Å². The predicted octanol–water partition coefficient (Wildman–Crippen LogP) is 4.00. The minimum absolute atomic E-state index is 0.169. The first kappa shape index (κ1) is 15.7. The molecule has 0 aromatic heterocycles. The summed E-state index contributed by atoms with van der Waals surface area (Å²) in [5.41, 5.74) is -0.160. The number of nitriles is 2. The summed E-state index contributed by atoms with van der Waals surface area (Å²) in [6.45, 7) is 5.33. The highest BCUT2D eigenvalue weighted by Gasteiger charge is 2.41. The molecule has 1 aromatic carbocycles. The Labute approximate surface area is 128 Å². The summed E-state index contributed by atoms with van der Waals surface area (Å²) in [6.07, 6.45) is 2.67. The summed E-state index contributed by atoms with van der Waals surface area (Å²) in [7, 11) is 0. The van der Waals surface area contributed by atoms with Gasteiger partial charge in [-0.05, 0) is 37.6 Å². The molecular formula is C17H15F2N3. The van der Waals surface area contributed by atoms with Crippen LogP contribution in [0, 0.1) is 22.7 Å². The molecule has 0 fully saturated rings. The fourth-order valence-electron chi connectivity index (χ4n) is 2.56. The number of benzene rings is 1. The second kappa shape index (κ2) is 5.99. The van der Waals surface area contributed by atoms with Gasteiger partial charge in [0.15, 0.2) is 0 Å². The van der Waals surface area contributed by atoms with Crippen LogP contribution in [0.3, 0.4) is 0 Å². The van der Waals surface area contributed by atoms with E-state index in [9.17, 15) is 8.78 Å². The highest BCUT2D eigenvalue weighted by Crippen LogP contribution is 2.44. The van der Waals surface area contributed by atoms with Gasteiger partial charge in [-0.2, -0.15) is 19.3 Å². The molecule has 0 heterocycles. The summed E-state index contributed by atoms with van der Waals surface area (Å²) in [5.74, 6) is -3.35. The van der Waals surface area contributed by atoms with Gasteiger partial charge in [-0.3, -0.25) is 0 Å². The van der Waals surface area contributed by atoms with Crippen molar-refractivity contribution in [1.29, 1.82) is 10.5 Å². The second-order valence-corrected chi connectivity index (χ2v) is 4.86. The average Bonchev–Trinajstić information content (AvgIpc) is 2.52. The molecule has 112 valence electrons. The number of fused-ring (bicyclic) bond motifs is 1. The molecule has 0 N–H and O–H groups in total. The maximum absolute atomic E-state index is 14.7. The molecule has 0 radical (unpaired) electrons. The third kappa shape index (κ3) is 2.46. The van der Waals surface area contributed by atoms with Crippen molar-refractivity contribution in [2.75, 3.05) is 18.0 Å². The van der Waals surface area contributed by atoms with Crippen LogP contribution < -0.4 is 4.90 Å². The Balaban J connectivity index is 2.64. The minimum atomic E-state index is -3.35. The van der Waals surface area contributed by atoms with Crippen LogP contribution in [-0.4, -0.2) is 13.1 Å². The first-order valence-electron chi connectivity index (χ1n) is 6.99. The van der Waals surface area contributed by atoms with E-state index in [-0.39, 0.29) is 5.56 Å². The quantitative estimate of drug-likeness (QED) is 0.793. The summed E-state index contributed by atoms with van der Waals surface area (Å²) < 4.78 is 29.4. The monoisotopic (exact) mass is 299 g/mol. The minimum Gasteiger partial charge on any atom is -0.372 e. The van der Waals surface area contributed by atoms with Gasteiger partial charge >= 0.3 is 5.92 Å². The van der Waals surface area contributed by atoms with Crippen molar-refractivity contribution in [2.45, 2.75) is 19.8 Å². The van der Waals surface area contributed by atoms with E-state index in [1.807, 2.05) is 18.7 Å². The van der Waals surface area contributed by atoms with Crippen molar-refractivity contribution in [3.8, 4) is 12.1 Å². The number of alkyl halides is 2. The van der Waals surface area contributed by atoms with Crippen LogP contribution in [0.4, 0.5) is 14.5 Å². The van der Waals surface area contributed by atoms with E-state index in [4.69, 9.17) is 10.5 Å². The molecular weight excluding hydrogens is 284 g/mol. The normalized spacial score (nSPS) is 14.7. The number of rotatable bonds is 3. The zero-order chi connectivity index (χ0) is 16.3. The molecule has 0 saturated heterocycles. The highest BCUT2D eigenvalue weighted by atomic mass is 19.3. The molecule has 0 spiro atoms. The topological polar surface area (TPSA) is 50.8 Å². The Morgan fingerprint density at radius 3 is 2.32 bits per heavy atom. The summed E-state index contributed by atoms with van der Waals surface area (Å²) >= 11 is 0. The van der Waals surface area contributed by atoms with Crippen LogP contribution in [-0.2, 0) is 5.92 Å². The third-order valence-electron chi connectivity index (χ3n) is 3.76. The average molecular weight is 299 g/mol. The fourth-order valence-corrected chi connectivity index (χ4v) is 2.56. The van der Waals surface area contributed by atoms with Gasteiger partial charge in [0.05, 0.1) is 5.57 Å². The van der Waals surface area contributed by atoms with Gasteiger partial charge < -0.3 is 4.90 Å². The van der Waals surface area contributed by atoms with E-state index in [0.29, 0.717) is 24.3 Å². The molecule has 5 heteroatoms. The molecule has 22 heavy (non-hydrogen) atoms. The number of nitrogens with zero attached hydrogens (tertiary/aromatic N) is 3. The molecule has 3 nitrogen and oxygen atoms in total. The zero-order valence-corrected chi connectivity index (χ0v) is 12.4. The van der Waals surface area contributed by atoms with Crippen LogP contribution in [0.25, 0.3) is 6.08 Å². The van der Waals surface area contributed by atoms with Crippen molar-refractivity contribution in [3.63, 3.8) is 0 Å². The van der Waals surface area contributed by atoms with E-state index in [1.54, 1.807) is 24.3 Å². The van der Waals surface area contributed by atoms with Gasteiger partial charge in [0.1, 0.15) is 17.7 Å². The molecule has 2 rings (SSSR count). The highest BCUT2D eigenvalue weighted by molar-refractivity contribution is 5.70. The molecule has 1 aromatic rings. The molecule has 1 aliphatic carbocycles. The number of allylic oxidation sites excluding steroid dienone is 3. The van der Waals surface area contributed by atoms with Crippen LogP contribution in [0.15, 0.2) is 35.4 Å². The van der Waals surface area contributed by atoms with Gasteiger partial charge in [-0.25, -0.2) is 0 Å². The van der Waals surface area contributed by atoms with Crippen LogP contribution >= 0.6 is 0 Å². The van der Waals surface area contributed by atoms with E-state index >= 15 is 0 Å². The van der Waals surface area contributed by atoms with Gasteiger partial charge in [0.25, 0.3) is 0 Å². The van der Waals surface area contributed by atoms with E-state index < -0.39 is 17.1 Å². The smallest absolute Gasteiger partial charge is 0.301 e. The molecule has 0 aliphatic heterocycles. The Hall–Kier alpha value is -2.66. The van der Waals surface area contributed by atoms with Crippen LogP contribution in [0.1, 0.15) is 25.0 Å². The Morgan fingerprint density at radius 2 is 1.77 bits per heavy atom. The SMILES string of the molecule is CCN(CC)c1ccc2c(c1)C(F)(F)C(=C(C#N)C#N)C=C2. The van der Waals surface area contributed by atoms with Crippen molar-refractivity contribution in [3.05, 3.63) is 46.5 Å². The van der Waals surface area contributed by atoms with Crippen molar-refractivity contribution >= 4 is 11.8 Å². The van der Waals surface area contributed by atoms with Crippen molar-refractivity contribution in [1.82, 2.24) is 0 Å². The first-order chi connectivity index (χ1) is 10.5. The maximum atomic E-state index is 14.7. The van der Waals surface area contributed by atoms with Crippen molar-refractivity contribution in [2.24, 2.45) is 0 Å². The van der Waals surface area contributed by atoms with Gasteiger partial charge in [-0.1, -0.05) is 12.1 Å². The van der Waals surface area contributed by atoms with Crippen LogP contribution in [0.2, 0.25) is 0 Å². The Bertz CT molecular complexity index is 713. The van der Waals surface area contributed by atoms with E-state index in [1.165, 1.54) is 12.1 Å². The second-order valence-electron chi connectivity index (χ2n) is 4.86. The van der Waals surface area contributed by atoms with E-state index in [2.05, 4.69) is 0 Å². The number of halogens is 2. The van der Waals surface area contributed by atoms with Crippen LogP contribution in [0.5, 0.6) is 0 Å². The Morgan fingerprint density at radius 1 is 1.14 bits per heavy atom. The van der Waals surface area contributed by atoms with Gasteiger partial charge in [0.2, 0.25) is 0 Å². The van der Waals surface area contributed by atoms with Crippen molar-refractivity contribution < 1.29 is 8.78 Å². The Kier molecular flexibility index (Phi) is 4.28. The molecule has 0 atom stereocenters. The lowest BCUT2D eigenvalue weighted by Gasteiger charge is -2.27. The summed E-state index contributed by atoms with van der Waals surface area (Å²) in [6, 6.07) is 7.98. The lowest BCUT2D eigenvalue weighted by molar-refractivity contribution is 0.0405. The number of anilines is 1. The van der Waals surface area contributed by atoms with E-state index in [0.717, 1.165) is 6.08 Å². The zero-order valence-electron chi connectivity index (χ0n) is 12.4. The molecule has 1 aliphatic rings. The summed E-state index contributed by atoms with van der Waals surface area (Å²) in [5, 5.41) is 17.7. The van der Waals surface area contributed by atoms with Gasteiger partial charge in [-0.15, -0.1) is 0 Å². The fraction of sp³-hybridized carbons (Fsp3) is 0.294. The maximum Gasteiger partial charge on any atom is 0.301 e. The number of hydrogen-bond acceptors (Lipinski definition) is 3. The largest absolute Gasteiger partial charge is 0.372 e. The predicted molar refractivity (Wildman–Crippen MR) is 81.2 cm³/mol. The standard InChI is InChI=1S/C17H15F2N3/c1-3-22(4-2)14-7-5-12-6-8-15(13(10-20)11-21)17(18,19)16(12)9-14/h5-9H,3-4H2,1-2H3. The molecule has 0 bridgehead atoms. The first-order valence-corrected chi connectivity index (χ1v) is 6.99. The third-order valence-corrected chi connectivity index (χ3v) is 3.76.